The molecular formula is C7H28N10+2. The third-order valence-corrected chi connectivity index (χ3v) is 0.805. The van der Waals surface area contributed by atoms with Gasteiger partial charge in [-0.05, 0) is 0 Å². The van der Waals surface area contributed by atoms with Gasteiger partial charge in [-0.1, -0.05) is 0 Å². The average Bonchev–Trinajstić information content (AvgIpc) is 2.32. The minimum absolute atomic E-state index is 0.130. The van der Waals surface area contributed by atoms with Crippen molar-refractivity contribution >= 4 is 17.9 Å². The van der Waals surface area contributed by atoms with Crippen LogP contribution >= 0.6 is 0 Å². The molecule has 0 aromatic rings. The van der Waals surface area contributed by atoms with E-state index in [0.29, 0.717) is 0 Å². The van der Waals surface area contributed by atoms with Gasteiger partial charge in [0.05, 0.1) is 14.1 Å². The minimum Gasteiger partial charge on any atom is -0.370 e. The zero-order valence-electron chi connectivity index (χ0n) is 11.1. The highest BCUT2D eigenvalue weighted by Crippen LogP contribution is 1.40. The van der Waals surface area contributed by atoms with Crippen molar-refractivity contribution in [2.45, 2.75) is 0 Å². The Kier molecular flexibility index (Phi) is 33.4. The molecule has 0 spiro atoms. The standard InChI is InChI=1S/3C2H7N3.CH5N/c3*1-5-2(3)4;1-2/h3*1H3,(H4,3,4,5);2H2,1H3/p+2. The van der Waals surface area contributed by atoms with Gasteiger partial charge in [-0.3, -0.25) is 26.4 Å². The molecule has 0 aliphatic heterocycles. The van der Waals surface area contributed by atoms with Crippen LogP contribution in [-0.4, -0.2) is 46.1 Å². The fraction of sp³-hybridized carbons (Fsp3) is 0.571. The van der Waals surface area contributed by atoms with Crippen molar-refractivity contribution in [2.24, 2.45) is 44.4 Å². The number of quaternary nitrogens is 1. The third-order valence-electron chi connectivity index (χ3n) is 0.805. The molecule has 0 fully saturated rings. The van der Waals surface area contributed by atoms with Gasteiger partial charge in [0, 0.05) is 14.1 Å². The molecule has 0 bridgehead atoms. The average molecular weight is 252 g/mol. The maximum atomic E-state index is 4.88. The van der Waals surface area contributed by atoms with Gasteiger partial charge in [-0.15, -0.1) is 0 Å². The zero-order valence-corrected chi connectivity index (χ0v) is 11.1. The number of nitrogens with one attached hydrogen (secondary N) is 1. The molecule has 0 saturated carbocycles. The fourth-order valence-corrected chi connectivity index (χ4v) is 0. The van der Waals surface area contributed by atoms with Crippen molar-refractivity contribution < 1.29 is 10.7 Å². The molecule has 0 aliphatic carbocycles. The van der Waals surface area contributed by atoms with Gasteiger partial charge in [-0.25, -0.2) is 0 Å². The Bertz CT molecular complexity index is 169. The first-order valence-corrected chi connectivity index (χ1v) is 4.53. The number of aliphatic imine (C=N–C) groups is 2. The van der Waals surface area contributed by atoms with Gasteiger partial charge in [0.1, 0.15) is 0 Å². The Hall–Kier alpha value is -2.23. The van der Waals surface area contributed by atoms with Gasteiger partial charge in [0.2, 0.25) is 0 Å². The van der Waals surface area contributed by atoms with Gasteiger partial charge >= 0.3 is 5.96 Å². The molecule has 0 rings (SSSR count). The lowest BCUT2D eigenvalue weighted by Gasteiger charge is -1.77. The molecule has 0 aromatic heterocycles. The lowest BCUT2D eigenvalue weighted by molar-refractivity contribution is -0.422. The Morgan fingerprint density at radius 3 is 0.941 bits per heavy atom. The summed E-state index contributed by atoms with van der Waals surface area (Å²) in [6, 6.07) is 0. The molecule has 0 heterocycles. The van der Waals surface area contributed by atoms with Gasteiger partial charge in [0.25, 0.3) is 0 Å². The van der Waals surface area contributed by atoms with Gasteiger partial charge in [0.15, 0.2) is 11.9 Å². The summed E-state index contributed by atoms with van der Waals surface area (Å²) >= 11 is 0. The number of hydrogen-bond donors (Lipinski definition) is 8. The van der Waals surface area contributed by atoms with Crippen LogP contribution in [0.2, 0.25) is 0 Å². The van der Waals surface area contributed by atoms with Crippen molar-refractivity contribution in [3.63, 3.8) is 0 Å². The second-order valence-corrected chi connectivity index (χ2v) is 2.00. The summed E-state index contributed by atoms with van der Waals surface area (Å²) in [5.41, 5.74) is 32.3. The third kappa shape index (κ3) is 134. The molecule has 0 atom stereocenters. The first kappa shape index (κ1) is 24.1. The number of nitrogens with zero attached hydrogens (tertiary/aromatic N) is 2. The fourth-order valence-electron chi connectivity index (χ4n) is 0. The lowest BCUT2D eigenvalue weighted by atomic mass is 11.1. The first-order chi connectivity index (χ1) is 7.81. The van der Waals surface area contributed by atoms with Crippen LogP contribution in [0.1, 0.15) is 0 Å². The van der Waals surface area contributed by atoms with Crippen LogP contribution in [0.5, 0.6) is 0 Å². The lowest BCUT2D eigenvalue weighted by Crippen LogP contribution is -2.73. The van der Waals surface area contributed by atoms with E-state index >= 15 is 0 Å². The van der Waals surface area contributed by atoms with E-state index in [1.165, 1.54) is 14.1 Å². The van der Waals surface area contributed by atoms with E-state index in [1.54, 1.807) is 14.1 Å². The highest BCUT2D eigenvalue weighted by atomic mass is 15.0. The molecule has 104 valence electrons. The molecule has 0 aliphatic rings. The van der Waals surface area contributed by atoms with Crippen LogP contribution in [0.25, 0.3) is 0 Å². The van der Waals surface area contributed by atoms with E-state index in [4.69, 9.17) is 34.4 Å². The van der Waals surface area contributed by atoms with Crippen molar-refractivity contribution in [3.05, 3.63) is 0 Å². The number of rotatable bonds is 0. The molecule has 17 heavy (non-hydrogen) atoms. The van der Waals surface area contributed by atoms with E-state index in [2.05, 4.69) is 20.7 Å². The highest BCUT2D eigenvalue weighted by molar-refractivity contribution is 5.75. The number of nitrogens with two attached hydrogens (primary N) is 6. The number of hydrogen-bond acceptors (Lipinski definition) is 2. The van der Waals surface area contributed by atoms with Crippen molar-refractivity contribution in [1.82, 2.24) is 0 Å². The second kappa shape index (κ2) is 23.5. The Morgan fingerprint density at radius 1 is 0.824 bits per heavy atom. The van der Waals surface area contributed by atoms with Crippen molar-refractivity contribution in [1.29, 1.82) is 0 Å². The Labute approximate surface area is 102 Å². The predicted octanol–water partition coefficient (Wildman–Crippen LogP) is -6.39. The van der Waals surface area contributed by atoms with Crippen LogP contribution in [0.4, 0.5) is 0 Å². The summed E-state index contributed by atoms with van der Waals surface area (Å²) in [5, 5.41) is 0. The largest absolute Gasteiger partial charge is 0.370 e. The Balaban J connectivity index is -0.0000000693. The zero-order chi connectivity index (χ0) is 14.9. The smallest absolute Gasteiger partial charge is 0.338 e. The maximum Gasteiger partial charge on any atom is 0.338 e. The summed E-state index contributed by atoms with van der Waals surface area (Å²) in [6.07, 6.45) is 0. The van der Waals surface area contributed by atoms with Crippen molar-refractivity contribution in [3.8, 4) is 0 Å². The van der Waals surface area contributed by atoms with E-state index in [0.717, 1.165) is 0 Å². The molecule has 0 aromatic carbocycles. The van der Waals surface area contributed by atoms with Crippen LogP contribution in [0.15, 0.2) is 9.98 Å². The molecular weight excluding hydrogens is 224 g/mol. The van der Waals surface area contributed by atoms with Crippen LogP contribution in [0.3, 0.4) is 0 Å². The highest BCUT2D eigenvalue weighted by Gasteiger charge is 1.71. The van der Waals surface area contributed by atoms with E-state index in [-0.39, 0.29) is 17.9 Å². The van der Waals surface area contributed by atoms with Crippen LogP contribution in [0, 0.1) is 0 Å². The quantitative estimate of drug-likeness (QED) is 0.154. The predicted molar refractivity (Wildman–Crippen MR) is 72.5 cm³/mol. The molecule has 0 amide bonds. The second-order valence-electron chi connectivity index (χ2n) is 2.00. The summed E-state index contributed by atoms with van der Waals surface area (Å²) in [7, 11) is 6.49. The normalized spacial score (nSPS) is 6.18. The summed E-state index contributed by atoms with van der Waals surface area (Å²) in [5.74, 6) is 0.514. The summed E-state index contributed by atoms with van der Waals surface area (Å²) in [4.78, 5) is 9.22. The molecule has 0 unspecified atom stereocenters. The van der Waals surface area contributed by atoms with E-state index in [1.807, 2.05) is 0 Å². The topological polar surface area (TPSA) is 222 Å². The summed E-state index contributed by atoms with van der Waals surface area (Å²) < 4.78 is 0. The molecule has 10 heteroatoms. The van der Waals surface area contributed by atoms with Crippen molar-refractivity contribution in [2.75, 3.05) is 28.2 Å². The van der Waals surface area contributed by atoms with Crippen LogP contribution < -0.4 is 45.1 Å². The molecule has 10 nitrogen and oxygen atoms in total. The van der Waals surface area contributed by atoms with E-state index in [9.17, 15) is 0 Å². The van der Waals surface area contributed by atoms with Crippen LogP contribution in [-0.2, 0) is 0 Å². The SMILES string of the molecule is CN=C(N)N.CN=C(N)N.C[NH+]=C(N)N.C[NH3+]. The first-order valence-electron chi connectivity index (χ1n) is 4.53. The van der Waals surface area contributed by atoms with Gasteiger partial charge < -0.3 is 28.7 Å². The molecule has 16 N–H and O–H groups in total. The molecule has 0 saturated heterocycles. The Morgan fingerprint density at radius 2 is 0.941 bits per heavy atom. The monoisotopic (exact) mass is 252 g/mol. The molecule has 0 radical (unpaired) electrons. The van der Waals surface area contributed by atoms with E-state index < -0.39 is 0 Å². The minimum atomic E-state index is 0.130. The van der Waals surface area contributed by atoms with Gasteiger partial charge in [-0.2, -0.15) is 0 Å². The summed E-state index contributed by atoms with van der Waals surface area (Å²) in [6.45, 7) is 0. The maximum absolute atomic E-state index is 4.88. The number of guanidine groups is 3.